The summed E-state index contributed by atoms with van der Waals surface area (Å²) < 4.78 is 12.8. The van der Waals surface area contributed by atoms with E-state index in [0.29, 0.717) is 12.3 Å². The van der Waals surface area contributed by atoms with Crippen LogP contribution in [0.15, 0.2) is 29.2 Å². The van der Waals surface area contributed by atoms with Crippen molar-refractivity contribution in [3.63, 3.8) is 0 Å². The zero-order valence-electron chi connectivity index (χ0n) is 12.2. The van der Waals surface area contributed by atoms with Gasteiger partial charge in [0.2, 0.25) is 5.91 Å². The van der Waals surface area contributed by atoms with Crippen molar-refractivity contribution in [2.24, 2.45) is 5.92 Å². The van der Waals surface area contributed by atoms with Gasteiger partial charge in [-0.3, -0.25) is 4.79 Å². The lowest BCUT2D eigenvalue weighted by Gasteiger charge is -2.16. The van der Waals surface area contributed by atoms with Crippen LogP contribution >= 0.6 is 24.2 Å². The van der Waals surface area contributed by atoms with Crippen molar-refractivity contribution in [3.8, 4) is 0 Å². The molecule has 1 aromatic rings. The van der Waals surface area contributed by atoms with Crippen molar-refractivity contribution in [2.75, 3.05) is 32.4 Å². The van der Waals surface area contributed by atoms with Crippen LogP contribution in [0.3, 0.4) is 0 Å². The van der Waals surface area contributed by atoms with Crippen LogP contribution in [0.25, 0.3) is 0 Å². The molecule has 1 amide bonds. The van der Waals surface area contributed by atoms with Gasteiger partial charge >= 0.3 is 0 Å². The maximum Gasteiger partial charge on any atom is 0.223 e. The zero-order chi connectivity index (χ0) is 14.4. The first-order valence-corrected chi connectivity index (χ1v) is 7.98. The second-order valence-electron chi connectivity index (χ2n) is 5.10. The van der Waals surface area contributed by atoms with E-state index in [1.807, 2.05) is 11.9 Å². The normalized spacial score (nSPS) is 17.6. The van der Waals surface area contributed by atoms with Gasteiger partial charge in [0.15, 0.2) is 0 Å². The van der Waals surface area contributed by atoms with Crippen LogP contribution in [0.2, 0.25) is 0 Å². The van der Waals surface area contributed by atoms with Crippen LogP contribution in [-0.2, 0) is 4.79 Å². The van der Waals surface area contributed by atoms with Gasteiger partial charge in [-0.25, -0.2) is 4.39 Å². The number of halogens is 2. The van der Waals surface area contributed by atoms with Gasteiger partial charge in [-0.05, 0) is 50.2 Å². The van der Waals surface area contributed by atoms with E-state index in [1.165, 1.54) is 12.1 Å². The molecule has 6 heteroatoms. The number of carbonyl (C=O) groups excluding carboxylic acids is 1. The minimum Gasteiger partial charge on any atom is -0.342 e. The highest BCUT2D eigenvalue weighted by molar-refractivity contribution is 7.99. The largest absolute Gasteiger partial charge is 0.342 e. The van der Waals surface area contributed by atoms with E-state index < -0.39 is 0 Å². The summed E-state index contributed by atoms with van der Waals surface area (Å²) in [5.41, 5.74) is 0. The van der Waals surface area contributed by atoms with Gasteiger partial charge in [-0.1, -0.05) is 0 Å². The van der Waals surface area contributed by atoms with E-state index in [4.69, 9.17) is 0 Å². The Morgan fingerprint density at radius 3 is 2.81 bits per heavy atom. The van der Waals surface area contributed by atoms with E-state index >= 15 is 0 Å². The number of thioether (sulfide) groups is 1. The van der Waals surface area contributed by atoms with Crippen LogP contribution in [0.5, 0.6) is 0 Å². The van der Waals surface area contributed by atoms with E-state index in [2.05, 4.69) is 5.32 Å². The number of hydrogen-bond acceptors (Lipinski definition) is 3. The van der Waals surface area contributed by atoms with Crippen molar-refractivity contribution >= 4 is 30.1 Å². The lowest BCUT2D eigenvalue weighted by molar-refractivity contribution is -0.129. The number of rotatable bonds is 6. The van der Waals surface area contributed by atoms with Crippen molar-refractivity contribution in [2.45, 2.75) is 17.7 Å². The SMILES string of the molecule is CNCC1CCN(C(=O)CCSc2ccc(F)cc2)C1.Cl. The van der Waals surface area contributed by atoms with Crippen molar-refractivity contribution < 1.29 is 9.18 Å². The van der Waals surface area contributed by atoms with Gasteiger partial charge in [0, 0.05) is 30.2 Å². The first-order chi connectivity index (χ1) is 9.69. The lowest BCUT2D eigenvalue weighted by atomic mass is 10.1. The summed E-state index contributed by atoms with van der Waals surface area (Å²) in [5, 5.41) is 3.17. The van der Waals surface area contributed by atoms with Crippen molar-refractivity contribution in [3.05, 3.63) is 30.1 Å². The molecule has 1 aromatic carbocycles. The molecule has 1 saturated heterocycles. The minimum atomic E-state index is -0.224. The van der Waals surface area contributed by atoms with E-state index in [0.717, 1.165) is 36.7 Å². The smallest absolute Gasteiger partial charge is 0.223 e. The zero-order valence-corrected chi connectivity index (χ0v) is 13.8. The molecule has 0 radical (unpaired) electrons. The van der Waals surface area contributed by atoms with Crippen LogP contribution in [0.1, 0.15) is 12.8 Å². The Labute approximate surface area is 136 Å². The number of likely N-dealkylation sites (tertiary alicyclic amines) is 1. The topological polar surface area (TPSA) is 32.3 Å². The van der Waals surface area contributed by atoms with Crippen LogP contribution in [0.4, 0.5) is 4.39 Å². The molecule has 0 aromatic heterocycles. The van der Waals surface area contributed by atoms with Crippen LogP contribution < -0.4 is 5.32 Å². The summed E-state index contributed by atoms with van der Waals surface area (Å²) in [6.07, 6.45) is 1.64. The Balaban J connectivity index is 0.00000220. The summed E-state index contributed by atoms with van der Waals surface area (Å²) in [6, 6.07) is 6.41. The van der Waals surface area contributed by atoms with E-state index in [-0.39, 0.29) is 24.1 Å². The third-order valence-electron chi connectivity index (χ3n) is 3.53. The molecule has 1 heterocycles. The molecule has 0 bridgehead atoms. The fourth-order valence-corrected chi connectivity index (χ4v) is 3.30. The molecule has 1 aliphatic heterocycles. The number of benzene rings is 1. The summed E-state index contributed by atoms with van der Waals surface area (Å²) in [6.45, 7) is 2.74. The molecule has 2 rings (SSSR count). The number of nitrogens with one attached hydrogen (secondary N) is 1. The molecule has 0 aliphatic carbocycles. The first kappa shape index (κ1) is 18.3. The van der Waals surface area contributed by atoms with Gasteiger partial charge in [-0.2, -0.15) is 0 Å². The number of hydrogen-bond donors (Lipinski definition) is 1. The van der Waals surface area contributed by atoms with Gasteiger partial charge in [-0.15, -0.1) is 24.2 Å². The third kappa shape index (κ3) is 5.85. The molecule has 118 valence electrons. The van der Waals surface area contributed by atoms with Gasteiger partial charge < -0.3 is 10.2 Å². The molecule has 21 heavy (non-hydrogen) atoms. The summed E-state index contributed by atoms with van der Waals surface area (Å²) in [5.74, 6) is 1.35. The molecule has 1 fully saturated rings. The average molecular weight is 333 g/mol. The second-order valence-corrected chi connectivity index (χ2v) is 6.27. The monoisotopic (exact) mass is 332 g/mol. The predicted octanol–water partition coefficient (Wildman–Crippen LogP) is 2.80. The maximum atomic E-state index is 12.8. The highest BCUT2D eigenvalue weighted by atomic mass is 35.5. The summed E-state index contributed by atoms with van der Waals surface area (Å²) >= 11 is 1.60. The Hall–Kier alpha value is -0.780. The molecule has 1 atom stereocenters. The van der Waals surface area contributed by atoms with Crippen LogP contribution in [0, 0.1) is 11.7 Å². The van der Waals surface area contributed by atoms with E-state index in [1.54, 1.807) is 23.9 Å². The molecule has 3 nitrogen and oxygen atoms in total. The third-order valence-corrected chi connectivity index (χ3v) is 4.54. The Bertz CT molecular complexity index is 444. The fraction of sp³-hybridized carbons (Fsp3) is 0.533. The molecular weight excluding hydrogens is 311 g/mol. The van der Waals surface area contributed by atoms with Gasteiger partial charge in [0.25, 0.3) is 0 Å². The Morgan fingerprint density at radius 2 is 2.14 bits per heavy atom. The van der Waals surface area contributed by atoms with Crippen LogP contribution in [-0.4, -0.2) is 43.2 Å². The molecule has 1 unspecified atom stereocenters. The molecule has 0 spiro atoms. The highest BCUT2D eigenvalue weighted by Crippen LogP contribution is 2.21. The van der Waals surface area contributed by atoms with Crippen molar-refractivity contribution in [1.82, 2.24) is 10.2 Å². The maximum absolute atomic E-state index is 12.8. The Kier molecular flexibility index (Phi) is 8.07. The summed E-state index contributed by atoms with van der Waals surface area (Å²) in [7, 11) is 1.95. The predicted molar refractivity (Wildman–Crippen MR) is 87.6 cm³/mol. The quantitative estimate of drug-likeness (QED) is 0.813. The molecular formula is C15H22ClFN2OS. The first-order valence-electron chi connectivity index (χ1n) is 7.00. The summed E-state index contributed by atoms with van der Waals surface area (Å²) in [4.78, 5) is 15.0. The minimum absolute atomic E-state index is 0. The molecule has 1 N–H and O–H groups in total. The average Bonchev–Trinajstić information content (AvgIpc) is 2.90. The van der Waals surface area contributed by atoms with E-state index in [9.17, 15) is 9.18 Å². The fourth-order valence-electron chi connectivity index (χ4n) is 2.46. The number of carbonyl (C=O) groups is 1. The Morgan fingerprint density at radius 1 is 1.43 bits per heavy atom. The molecule has 0 saturated carbocycles. The second kappa shape index (κ2) is 9.28. The van der Waals surface area contributed by atoms with Gasteiger partial charge in [0.05, 0.1) is 0 Å². The van der Waals surface area contributed by atoms with Gasteiger partial charge in [0.1, 0.15) is 5.82 Å². The number of amides is 1. The standard InChI is InChI=1S/C15H21FN2OS.ClH/c1-17-10-12-6-8-18(11-12)15(19)7-9-20-14-4-2-13(16)3-5-14;/h2-5,12,17H,6-11H2,1H3;1H. The highest BCUT2D eigenvalue weighted by Gasteiger charge is 2.25. The molecule has 1 aliphatic rings. The van der Waals surface area contributed by atoms with Crippen molar-refractivity contribution in [1.29, 1.82) is 0 Å². The lowest BCUT2D eigenvalue weighted by Crippen LogP contribution is -2.30. The number of nitrogens with zero attached hydrogens (tertiary/aromatic N) is 1.